The van der Waals surface area contributed by atoms with Crippen molar-refractivity contribution in [1.82, 2.24) is 4.90 Å². The van der Waals surface area contributed by atoms with Crippen molar-refractivity contribution >= 4 is 5.78 Å². The van der Waals surface area contributed by atoms with Crippen LogP contribution in [0.4, 0.5) is 4.39 Å². The monoisotopic (exact) mass is 379 g/mol. The van der Waals surface area contributed by atoms with Crippen molar-refractivity contribution in [2.24, 2.45) is 5.92 Å². The highest BCUT2D eigenvalue weighted by Crippen LogP contribution is 2.34. The van der Waals surface area contributed by atoms with Gasteiger partial charge in [-0.05, 0) is 62.2 Å². The number of hydrogen-bond donors (Lipinski definition) is 0. The number of carbonyl (C=O) groups excluding carboxylic acids is 1. The average molecular weight is 380 g/mol. The van der Waals surface area contributed by atoms with Crippen LogP contribution >= 0.6 is 0 Å². The van der Waals surface area contributed by atoms with Crippen LogP contribution in [-0.2, 0) is 6.42 Å². The third kappa shape index (κ3) is 4.66. The molecule has 2 aromatic carbocycles. The van der Waals surface area contributed by atoms with Crippen molar-refractivity contribution in [3.63, 3.8) is 0 Å². The summed E-state index contributed by atoms with van der Waals surface area (Å²) in [5.41, 5.74) is 0.544. The van der Waals surface area contributed by atoms with Crippen molar-refractivity contribution in [3.8, 4) is 11.5 Å². The molecule has 0 N–H and O–H groups in total. The molecule has 144 valence electrons. The maximum atomic E-state index is 13.3. The van der Waals surface area contributed by atoms with Crippen LogP contribution in [0.1, 0.15) is 39.7 Å². The van der Waals surface area contributed by atoms with Gasteiger partial charge in [-0.3, -0.25) is 4.79 Å². The van der Waals surface area contributed by atoms with Gasteiger partial charge in [-0.15, -0.1) is 0 Å². The number of carbonyl (C=O) groups is 1. The van der Waals surface area contributed by atoms with Crippen LogP contribution in [0.5, 0.6) is 11.5 Å². The average Bonchev–Trinajstić information content (AvgIpc) is 2.74. The minimum Gasteiger partial charge on any atom is -0.493 e. The van der Waals surface area contributed by atoms with E-state index in [0.29, 0.717) is 18.4 Å². The first-order valence-electron chi connectivity index (χ1n) is 12.7. The van der Waals surface area contributed by atoms with E-state index in [1.54, 1.807) is 4.90 Å². The molecule has 1 saturated heterocycles. The van der Waals surface area contributed by atoms with Gasteiger partial charge in [0.25, 0.3) is 0 Å². The van der Waals surface area contributed by atoms with Gasteiger partial charge in [-0.25, -0.2) is 4.39 Å². The van der Waals surface area contributed by atoms with Crippen LogP contribution in [0.2, 0.25) is 0 Å². The lowest BCUT2D eigenvalue weighted by Crippen LogP contribution is -2.37. The zero-order valence-corrected chi connectivity index (χ0v) is 14.7. The fourth-order valence-corrected chi connectivity index (χ4v) is 3.22. The van der Waals surface area contributed by atoms with Crippen LogP contribution in [0, 0.1) is 11.7 Å². The summed E-state index contributed by atoms with van der Waals surface area (Å²) in [6.45, 7) is -1.17. The van der Waals surface area contributed by atoms with E-state index in [-0.39, 0.29) is 30.8 Å². The number of methoxy groups -OCH3 is 2. The van der Waals surface area contributed by atoms with E-state index in [2.05, 4.69) is 0 Å². The largest absolute Gasteiger partial charge is 0.493 e. The van der Waals surface area contributed by atoms with Gasteiger partial charge in [0.05, 0.1) is 27.9 Å². The molecule has 5 heteroatoms. The Bertz CT molecular complexity index is 1030. The Kier molecular flexibility index (Phi) is 3.81. The van der Waals surface area contributed by atoms with E-state index in [9.17, 15) is 9.18 Å². The number of hydrogen-bond acceptors (Lipinski definition) is 4. The van der Waals surface area contributed by atoms with E-state index in [4.69, 9.17) is 20.4 Å². The number of likely N-dealkylation sites (tertiary alicyclic amines) is 1. The second-order valence-corrected chi connectivity index (χ2v) is 6.42. The Hall–Kier alpha value is -2.40. The van der Waals surface area contributed by atoms with Gasteiger partial charge in [-0.2, -0.15) is 0 Å². The van der Waals surface area contributed by atoms with Crippen molar-refractivity contribution in [2.45, 2.75) is 19.3 Å². The predicted molar refractivity (Wildman–Crippen MR) is 103 cm³/mol. The number of ether oxygens (including phenoxy) is 2. The van der Waals surface area contributed by atoms with Gasteiger partial charge in [0.1, 0.15) is 5.82 Å². The molecule has 27 heavy (non-hydrogen) atoms. The number of aryl methyl sites for hydroxylation is 1. The van der Waals surface area contributed by atoms with Gasteiger partial charge in [-0.1, -0.05) is 18.2 Å². The fourth-order valence-electron chi connectivity index (χ4n) is 3.22. The smallest absolute Gasteiger partial charge is 0.171 e. The summed E-state index contributed by atoms with van der Waals surface area (Å²) in [5.74, 6) is -2.21. The van der Waals surface area contributed by atoms with Gasteiger partial charge in [0, 0.05) is 15.2 Å². The molecule has 3 rings (SSSR count). The number of benzene rings is 2. The quantitative estimate of drug-likeness (QED) is 0.682. The Morgan fingerprint density at radius 3 is 2.63 bits per heavy atom. The summed E-state index contributed by atoms with van der Waals surface area (Å²) >= 11 is 0. The molecule has 0 radical (unpaired) electrons. The highest BCUT2D eigenvalue weighted by molar-refractivity contribution is 6.01. The molecule has 0 saturated carbocycles. The summed E-state index contributed by atoms with van der Waals surface area (Å²) in [5, 5.41) is 0. The lowest BCUT2D eigenvalue weighted by Gasteiger charge is -2.31. The standard InChI is InChI=1S/C22H26FNO3/c1-26-20-5-3-4-19(22(20)27-2)21(25)17-11-14-24(15-12-17)13-10-16-6-8-18(23)9-7-16/h3-9,17H,10-15H2,1-2H3/i1D3,2D3,13D2. The summed E-state index contributed by atoms with van der Waals surface area (Å²) < 4.78 is 84.1. The Labute approximate surface area is 171 Å². The number of ketones is 1. The number of rotatable bonds is 7. The van der Waals surface area contributed by atoms with E-state index in [1.165, 1.54) is 42.5 Å². The first kappa shape index (κ1) is 11.4. The Morgan fingerprint density at radius 2 is 1.93 bits per heavy atom. The normalized spacial score (nSPS) is 21.4. The Balaban J connectivity index is 1.75. The van der Waals surface area contributed by atoms with Crippen LogP contribution in [0.15, 0.2) is 42.5 Å². The van der Waals surface area contributed by atoms with Crippen LogP contribution in [-0.4, -0.2) is 44.3 Å². The lowest BCUT2D eigenvalue weighted by molar-refractivity contribution is 0.0837. The number of halogens is 1. The predicted octanol–water partition coefficient (Wildman–Crippen LogP) is 3.98. The zero-order chi connectivity index (χ0) is 26.0. The molecule has 0 aliphatic carbocycles. The SMILES string of the molecule is [2H]C([2H])([2H])Oc1cccc(C(=O)C2CCN(C([2H])([2H])Cc3ccc(F)cc3)CC2)c1OC([2H])([2H])[2H]. The molecule has 1 aliphatic heterocycles. The van der Waals surface area contributed by atoms with Gasteiger partial charge < -0.3 is 14.4 Å². The zero-order valence-electron chi connectivity index (χ0n) is 22.7. The molecule has 0 amide bonds. The van der Waals surface area contributed by atoms with Crippen LogP contribution < -0.4 is 9.47 Å². The molecular formula is C22H26FNO3. The summed E-state index contributed by atoms with van der Waals surface area (Å²) in [7, 11) is -5.82. The molecule has 0 aromatic heterocycles. The number of piperidine rings is 1. The van der Waals surface area contributed by atoms with E-state index in [0.717, 1.165) is 0 Å². The summed E-state index contributed by atoms with van der Waals surface area (Å²) in [4.78, 5) is 14.9. The van der Waals surface area contributed by atoms with E-state index in [1.807, 2.05) is 0 Å². The minimum atomic E-state index is -2.94. The van der Waals surface area contributed by atoms with Gasteiger partial charge >= 0.3 is 0 Å². The van der Waals surface area contributed by atoms with Crippen molar-refractivity contribution in [3.05, 3.63) is 59.4 Å². The second kappa shape index (κ2) is 9.00. The van der Waals surface area contributed by atoms with Crippen LogP contribution in [0.3, 0.4) is 0 Å². The van der Waals surface area contributed by atoms with Gasteiger partial charge in [0.15, 0.2) is 17.3 Å². The molecule has 4 nitrogen and oxygen atoms in total. The van der Waals surface area contributed by atoms with Crippen molar-refractivity contribution in [2.75, 3.05) is 33.7 Å². The molecular weight excluding hydrogens is 345 g/mol. The number of para-hydroxylation sites is 1. The molecule has 0 unspecified atom stereocenters. The number of Topliss-reactive ketones (excluding diaryl/α,β-unsaturated/α-hetero) is 1. The summed E-state index contributed by atoms with van der Waals surface area (Å²) in [6, 6.07) is 9.58. The second-order valence-electron chi connectivity index (χ2n) is 6.42. The maximum Gasteiger partial charge on any atom is 0.171 e. The Morgan fingerprint density at radius 1 is 1.19 bits per heavy atom. The van der Waals surface area contributed by atoms with Crippen molar-refractivity contribution < 1.29 is 29.6 Å². The highest BCUT2D eigenvalue weighted by Gasteiger charge is 2.28. The van der Waals surface area contributed by atoms with Crippen LogP contribution in [0.25, 0.3) is 0 Å². The third-order valence-electron chi connectivity index (χ3n) is 4.74. The first-order chi connectivity index (χ1) is 16.1. The topological polar surface area (TPSA) is 38.8 Å². The van der Waals surface area contributed by atoms with Crippen molar-refractivity contribution in [1.29, 1.82) is 0 Å². The highest BCUT2D eigenvalue weighted by atomic mass is 19.1. The maximum absolute atomic E-state index is 13.3. The molecule has 2 aromatic rings. The lowest BCUT2D eigenvalue weighted by atomic mass is 9.88. The minimum absolute atomic E-state index is 0.0526. The molecule has 0 atom stereocenters. The third-order valence-corrected chi connectivity index (χ3v) is 4.74. The fraction of sp³-hybridized carbons (Fsp3) is 0.409. The molecule has 1 heterocycles. The molecule has 0 spiro atoms. The number of nitrogens with zero attached hydrogens (tertiary/aromatic N) is 1. The van der Waals surface area contributed by atoms with E-state index < -0.39 is 43.8 Å². The summed E-state index contributed by atoms with van der Waals surface area (Å²) in [6.07, 6.45) is 0.662. The van der Waals surface area contributed by atoms with E-state index >= 15 is 0 Å². The van der Waals surface area contributed by atoms with Gasteiger partial charge in [0.2, 0.25) is 0 Å². The first-order valence-corrected chi connectivity index (χ1v) is 8.69. The molecule has 1 aliphatic rings. The molecule has 0 bridgehead atoms. The molecule has 1 fully saturated rings.